The van der Waals surface area contributed by atoms with Crippen LogP contribution in [0.3, 0.4) is 0 Å². The number of aryl methyl sites for hydroxylation is 1. The summed E-state index contributed by atoms with van der Waals surface area (Å²) < 4.78 is 5.12. The first kappa shape index (κ1) is 11.3. The summed E-state index contributed by atoms with van der Waals surface area (Å²) in [4.78, 5) is 11.6. The van der Waals surface area contributed by atoms with Crippen molar-refractivity contribution < 1.29 is 9.53 Å². The Bertz CT molecular complexity index is 422. The van der Waals surface area contributed by atoms with Crippen LogP contribution in [0.25, 0.3) is 0 Å². The lowest BCUT2D eigenvalue weighted by Gasteiger charge is -2.05. The highest BCUT2D eigenvalue weighted by molar-refractivity contribution is 5.97. The molecule has 1 aromatic carbocycles. The number of carbonyl (C=O) groups excluding carboxylic acids is 1. The Kier molecular flexibility index (Phi) is 3.93. The Morgan fingerprint density at radius 1 is 1.47 bits per heavy atom. The Labute approximate surface area is 90.3 Å². The van der Waals surface area contributed by atoms with E-state index in [0.717, 1.165) is 11.3 Å². The number of ether oxygens (including phenoxy) is 1. The van der Waals surface area contributed by atoms with Crippen molar-refractivity contribution in [2.75, 3.05) is 7.11 Å². The molecule has 0 unspecified atom stereocenters. The zero-order valence-electron chi connectivity index (χ0n) is 9.26. The van der Waals surface area contributed by atoms with Crippen LogP contribution in [0, 0.1) is 18.8 Å². The van der Waals surface area contributed by atoms with E-state index in [1.807, 2.05) is 19.1 Å². The molecule has 1 rings (SSSR count). The Balaban J connectivity index is 2.90. The fourth-order valence-electron chi connectivity index (χ4n) is 1.32. The van der Waals surface area contributed by atoms with Crippen LogP contribution in [0.15, 0.2) is 18.2 Å². The summed E-state index contributed by atoms with van der Waals surface area (Å²) in [6.07, 6.45) is 0.280. The quantitative estimate of drug-likeness (QED) is 0.556. The molecule has 0 aliphatic heterocycles. The number of carbonyl (C=O) groups is 1. The SMILES string of the molecule is CC#CCC(=O)c1ccc(OC)c(C)c1. The summed E-state index contributed by atoms with van der Waals surface area (Å²) in [5.41, 5.74) is 1.66. The van der Waals surface area contributed by atoms with E-state index >= 15 is 0 Å². The van der Waals surface area contributed by atoms with Gasteiger partial charge in [0.05, 0.1) is 13.5 Å². The number of methoxy groups -OCH3 is 1. The number of hydrogen-bond donors (Lipinski definition) is 0. The lowest BCUT2D eigenvalue weighted by molar-refractivity contribution is 0.0998. The van der Waals surface area contributed by atoms with Crippen molar-refractivity contribution in [3.05, 3.63) is 29.3 Å². The highest BCUT2D eigenvalue weighted by Crippen LogP contribution is 2.19. The van der Waals surface area contributed by atoms with Gasteiger partial charge in [0.2, 0.25) is 0 Å². The van der Waals surface area contributed by atoms with Gasteiger partial charge in [0.15, 0.2) is 5.78 Å². The number of rotatable bonds is 3. The van der Waals surface area contributed by atoms with Crippen LogP contribution in [0.2, 0.25) is 0 Å². The van der Waals surface area contributed by atoms with Crippen LogP contribution in [0.5, 0.6) is 5.75 Å². The van der Waals surface area contributed by atoms with E-state index in [0.29, 0.717) is 5.56 Å². The molecule has 0 spiro atoms. The lowest BCUT2D eigenvalue weighted by Crippen LogP contribution is -1.98. The molecule has 0 saturated heterocycles. The molecule has 78 valence electrons. The van der Waals surface area contributed by atoms with E-state index in [-0.39, 0.29) is 12.2 Å². The topological polar surface area (TPSA) is 26.3 Å². The van der Waals surface area contributed by atoms with Gasteiger partial charge in [-0.1, -0.05) is 5.92 Å². The van der Waals surface area contributed by atoms with Gasteiger partial charge in [0, 0.05) is 5.56 Å². The van der Waals surface area contributed by atoms with Crippen molar-refractivity contribution in [3.63, 3.8) is 0 Å². The molecule has 0 heterocycles. The molecular formula is C13H14O2. The molecule has 2 nitrogen and oxygen atoms in total. The van der Waals surface area contributed by atoms with E-state index in [2.05, 4.69) is 11.8 Å². The van der Waals surface area contributed by atoms with Crippen LogP contribution in [0.4, 0.5) is 0 Å². The minimum Gasteiger partial charge on any atom is -0.496 e. The molecule has 2 heteroatoms. The first-order valence-corrected chi connectivity index (χ1v) is 4.76. The van der Waals surface area contributed by atoms with Crippen molar-refractivity contribution in [3.8, 4) is 17.6 Å². The molecule has 0 fully saturated rings. The molecule has 0 N–H and O–H groups in total. The van der Waals surface area contributed by atoms with Gasteiger partial charge in [-0.3, -0.25) is 4.79 Å². The molecule has 15 heavy (non-hydrogen) atoms. The van der Waals surface area contributed by atoms with Gasteiger partial charge >= 0.3 is 0 Å². The zero-order valence-corrected chi connectivity index (χ0v) is 9.26. The summed E-state index contributed by atoms with van der Waals surface area (Å²) in [6, 6.07) is 5.41. The molecule has 0 saturated carbocycles. The van der Waals surface area contributed by atoms with Crippen LogP contribution in [-0.4, -0.2) is 12.9 Å². The predicted molar refractivity (Wildman–Crippen MR) is 60.1 cm³/mol. The second-order valence-electron chi connectivity index (χ2n) is 3.21. The molecule has 0 radical (unpaired) electrons. The van der Waals surface area contributed by atoms with Crippen molar-refractivity contribution >= 4 is 5.78 Å². The second-order valence-corrected chi connectivity index (χ2v) is 3.21. The summed E-state index contributed by atoms with van der Waals surface area (Å²) in [5.74, 6) is 6.32. The zero-order chi connectivity index (χ0) is 11.3. The van der Waals surface area contributed by atoms with Crippen LogP contribution >= 0.6 is 0 Å². The minimum atomic E-state index is 0.0510. The Hall–Kier alpha value is -1.75. The lowest BCUT2D eigenvalue weighted by atomic mass is 10.1. The fraction of sp³-hybridized carbons (Fsp3) is 0.308. The molecule has 0 aliphatic rings. The maximum atomic E-state index is 11.6. The molecule has 0 bridgehead atoms. The van der Waals surface area contributed by atoms with Gasteiger partial charge in [-0.25, -0.2) is 0 Å². The van der Waals surface area contributed by atoms with E-state index in [4.69, 9.17) is 4.74 Å². The summed E-state index contributed by atoms with van der Waals surface area (Å²) >= 11 is 0. The number of benzene rings is 1. The molecule has 0 atom stereocenters. The van der Waals surface area contributed by atoms with Gasteiger partial charge < -0.3 is 4.74 Å². The molecule has 0 aliphatic carbocycles. The van der Waals surface area contributed by atoms with Crippen LogP contribution < -0.4 is 4.74 Å². The summed E-state index contributed by atoms with van der Waals surface area (Å²) in [7, 11) is 1.62. The molecule has 1 aromatic rings. The average molecular weight is 202 g/mol. The molecule has 0 aromatic heterocycles. The second kappa shape index (κ2) is 5.21. The van der Waals surface area contributed by atoms with Gasteiger partial charge in [0.25, 0.3) is 0 Å². The van der Waals surface area contributed by atoms with Crippen LogP contribution in [-0.2, 0) is 0 Å². The highest BCUT2D eigenvalue weighted by atomic mass is 16.5. The van der Waals surface area contributed by atoms with Gasteiger partial charge in [0.1, 0.15) is 5.75 Å². The van der Waals surface area contributed by atoms with E-state index in [9.17, 15) is 4.79 Å². The van der Waals surface area contributed by atoms with Crippen molar-refractivity contribution in [1.82, 2.24) is 0 Å². The number of hydrogen-bond acceptors (Lipinski definition) is 2. The van der Waals surface area contributed by atoms with Crippen molar-refractivity contribution in [2.45, 2.75) is 20.3 Å². The third-order valence-electron chi connectivity index (χ3n) is 2.14. The number of ketones is 1. The van der Waals surface area contributed by atoms with Crippen molar-refractivity contribution in [1.29, 1.82) is 0 Å². The molecular weight excluding hydrogens is 188 g/mol. The van der Waals surface area contributed by atoms with E-state index in [1.165, 1.54) is 0 Å². The van der Waals surface area contributed by atoms with Crippen LogP contribution in [0.1, 0.15) is 29.3 Å². The van der Waals surface area contributed by atoms with E-state index in [1.54, 1.807) is 20.1 Å². The van der Waals surface area contributed by atoms with Gasteiger partial charge in [-0.15, -0.1) is 5.92 Å². The van der Waals surface area contributed by atoms with Crippen molar-refractivity contribution in [2.24, 2.45) is 0 Å². The van der Waals surface area contributed by atoms with Gasteiger partial charge in [-0.05, 0) is 37.6 Å². The average Bonchev–Trinajstić information content (AvgIpc) is 2.25. The third-order valence-corrected chi connectivity index (χ3v) is 2.14. The van der Waals surface area contributed by atoms with Gasteiger partial charge in [-0.2, -0.15) is 0 Å². The first-order valence-electron chi connectivity index (χ1n) is 4.76. The summed E-state index contributed by atoms with van der Waals surface area (Å²) in [6.45, 7) is 3.65. The minimum absolute atomic E-state index is 0.0510. The maximum Gasteiger partial charge on any atom is 0.174 e. The predicted octanol–water partition coefficient (Wildman–Crippen LogP) is 2.60. The first-order chi connectivity index (χ1) is 7.19. The third kappa shape index (κ3) is 2.85. The number of Topliss-reactive ketones (excluding diaryl/α,β-unsaturated/α-hetero) is 1. The highest BCUT2D eigenvalue weighted by Gasteiger charge is 2.06. The standard InChI is InChI=1S/C13H14O2/c1-4-5-6-12(14)11-7-8-13(15-3)10(2)9-11/h7-9H,6H2,1-3H3. The fourth-order valence-corrected chi connectivity index (χ4v) is 1.32. The summed E-state index contributed by atoms with van der Waals surface area (Å²) in [5, 5.41) is 0. The Morgan fingerprint density at radius 3 is 2.73 bits per heavy atom. The normalized spacial score (nSPS) is 9.00. The largest absolute Gasteiger partial charge is 0.496 e. The Morgan fingerprint density at radius 2 is 2.20 bits per heavy atom. The monoisotopic (exact) mass is 202 g/mol. The smallest absolute Gasteiger partial charge is 0.174 e. The maximum absolute atomic E-state index is 11.6. The molecule has 0 amide bonds. The van der Waals surface area contributed by atoms with E-state index < -0.39 is 0 Å².